The van der Waals surface area contributed by atoms with Crippen molar-refractivity contribution in [3.05, 3.63) is 66.4 Å². The van der Waals surface area contributed by atoms with Crippen LogP contribution in [0.15, 0.2) is 66.4 Å². The Hall–Kier alpha value is -2.91. The lowest BCUT2D eigenvalue weighted by molar-refractivity contribution is -0.571. The number of carbonyl (C=O) groups is 3. The normalized spacial score (nSPS) is 24.5. The summed E-state index contributed by atoms with van der Waals surface area (Å²) in [7, 11) is 0. The van der Waals surface area contributed by atoms with Crippen LogP contribution in [0.5, 0.6) is 0 Å². The molecule has 3 aliphatic rings. The molecule has 0 N–H and O–H groups in total. The van der Waals surface area contributed by atoms with Crippen LogP contribution in [0.2, 0.25) is 0 Å². The number of rotatable bonds is 6. The van der Waals surface area contributed by atoms with E-state index in [1.165, 1.54) is 28.5 Å². The number of ether oxygens (including phenoxy) is 2. The van der Waals surface area contributed by atoms with Gasteiger partial charge in [0.2, 0.25) is 0 Å². The van der Waals surface area contributed by atoms with Gasteiger partial charge in [0.25, 0.3) is 0 Å². The van der Waals surface area contributed by atoms with Crippen molar-refractivity contribution in [1.29, 1.82) is 0 Å². The van der Waals surface area contributed by atoms with Crippen molar-refractivity contribution in [2.75, 3.05) is 25.6 Å². The number of thioether (sulfide) groups is 1. The van der Waals surface area contributed by atoms with Gasteiger partial charge in [-0.1, -0.05) is 31.4 Å². The van der Waals surface area contributed by atoms with E-state index in [0.717, 1.165) is 4.91 Å². The number of aromatic nitrogens is 1. The Morgan fingerprint density at radius 1 is 1.13 bits per heavy atom. The summed E-state index contributed by atoms with van der Waals surface area (Å²) in [6.45, 7) is 7.79. The number of nitrogens with zero attached hydrogens (tertiary/aromatic N) is 3. The average Bonchev–Trinajstić information content (AvgIpc) is 3.05. The van der Waals surface area contributed by atoms with E-state index in [9.17, 15) is 14.4 Å². The zero-order valence-corrected chi connectivity index (χ0v) is 17.1. The maximum absolute atomic E-state index is 13.3. The van der Waals surface area contributed by atoms with Crippen LogP contribution in [-0.2, 0) is 14.3 Å². The van der Waals surface area contributed by atoms with Gasteiger partial charge in [0.05, 0.1) is 18.0 Å². The van der Waals surface area contributed by atoms with Gasteiger partial charge in [-0.2, -0.15) is 0 Å². The van der Waals surface area contributed by atoms with Crippen molar-refractivity contribution in [3.63, 3.8) is 0 Å². The zero-order valence-electron chi connectivity index (χ0n) is 16.3. The van der Waals surface area contributed by atoms with Gasteiger partial charge in [-0.3, -0.25) is 9.80 Å². The number of hydrogen-bond acceptors (Lipinski definition) is 7. The fourth-order valence-electron chi connectivity index (χ4n) is 4.00. The van der Waals surface area contributed by atoms with Gasteiger partial charge in [0.15, 0.2) is 12.4 Å². The van der Waals surface area contributed by atoms with Crippen LogP contribution >= 0.6 is 11.8 Å². The molecule has 0 aromatic carbocycles. The molecule has 4 heterocycles. The van der Waals surface area contributed by atoms with Crippen LogP contribution in [0.4, 0.5) is 4.79 Å². The largest absolute Gasteiger partial charge is 0.460 e. The van der Waals surface area contributed by atoms with E-state index in [1.807, 2.05) is 11.0 Å². The van der Waals surface area contributed by atoms with Gasteiger partial charge in [-0.05, 0) is 0 Å². The van der Waals surface area contributed by atoms with Crippen molar-refractivity contribution in [2.24, 2.45) is 0 Å². The highest BCUT2D eigenvalue weighted by Crippen LogP contribution is 2.50. The summed E-state index contributed by atoms with van der Waals surface area (Å²) >= 11 is 1.39. The van der Waals surface area contributed by atoms with Gasteiger partial charge in [0.1, 0.15) is 24.8 Å². The van der Waals surface area contributed by atoms with Crippen molar-refractivity contribution >= 4 is 29.7 Å². The van der Waals surface area contributed by atoms with E-state index in [0.29, 0.717) is 18.0 Å². The second-order valence-electron chi connectivity index (χ2n) is 7.00. The number of amides is 1. The molecule has 30 heavy (non-hydrogen) atoms. The third-order valence-corrected chi connectivity index (χ3v) is 6.50. The molecule has 0 radical (unpaired) electrons. The van der Waals surface area contributed by atoms with E-state index < -0.39 is 18.1 Å². The van der Waals surface area contributed by atoms with Crippen LogP contribution in [0, 0.1) is 0 Å². The molecule has 156 valence electrons. The van der Waals surface area contributed by atoms with Gasteiger partial charge < -0.3 is 9.47 Å². The minimum atomic E-state index is -0.807. The van der Waals surface area contributed by atoms with Crippen LogP contribution in [0.25, 0.3) is 0 Å². The van der Waals surface area contributed by atoms with Crippen molar-refractivity contribution in [2.45, 2.75) is 18.1 Å². The first-order valence-corrected chi connectivity index (χ1v) is 10.5. The monoisotopic (exact) mass is 428 g/mol. The van der Waals surface area contributed by atoms with Crippen molar-refractivity contribution in [3.8, 4) is 0 Å². The Morgan fingerprint density at radius 3 is 2.53 bits per heavy atom. The molecule has 3 atom stereocenters. The molecule has 0 spiro atoms. The highest BCUT2D eigenvalue weighted by atomic mass is 32.2. The molecule has 0 aliphatic carbocycles. The molecule has 1 amide bonds. The second-order valence-corrected chi connectivity index (χ2v) is 7.99. The molecule has 0 saturated carbocycles. The molecule has 3 aliphatic heterocycles. The molecule has 8 nitrogen and oxygen atoms in total. The number of carbonyl (C=O) groups excluding carboxylic acids is 3. The molecular weight excluding hydrogens is 406 g/mol. The summed E-state index contributed by atoms with van der Waals surface area (Å²) in [5.41, 5.74) is 0.414. The van der Waals surface area contributed by atoms with Crippen LogP contribution < -0.4 is 4.57 Å². The first-order chi connectivity index (χ1) is 14.6. The first-order valence-electron chi connectivity index (χ1n) is 9.54. The maximum Gasteiger partial charge on any atom is 0.423 e. The van der Waals surface area contributed by atoms with Gasteiger partial charge in [-0.25, -0.2) is 14.4 Å². The lowest BCUT2D eigenvalue weighted by atomic mass is 9.96. The summed E-state index contributed by atoms with van der Waals surface area (Å²) in [5, 5.41) is 0. The van der Waals surface area contributed by atoms with Crippen LogP contribution in [0.3, 0.4) is 0 Å². The van der Waals surface area contributed by atoms with Crippen molar-refractivity contribution in [1.82, 2.24) is 9.80 Å². The molecule has 0 bridgehead atoms. The summed E-state index contributed by atoms with van der Waals surface area (Å²) in [5.74, 6) is -0.406. The minimum Gasteiger partial charge on any atom is -0.460 e. The molecule has 1 aromatic heterocycles. The van der Waals surface area contributed by atoms with Gasteiger partial charge >= 0.3 is 18.0 Å². The molecule has 1 aromatic rings. The molecular formula is C21H22N3O5S+. The molecule has 4 rings (SSSR count). The Bertz CT molecular complexity index is 932. The van der Waals surface area contributed by atoms with E-state index in [4.69, 9.17) is 9.47 Å². The predicted octanol–water partition coefficient (Wildman–Crippen LogP) is 1.36. The predicted molar refractivity (Wildman–Crippen MR) is 109 cm³/mol. The van der Waals surface area contributed by atoms with Crippen LogP contribution in [-0.4, -0.2) is 71.5 Å². The third-order valence-electron chi connectivity index (χ3n) is 5.32. The average molecular weight is 428 g/mol. The van der Waals surface area contributed by atoms with Gasteiger partial charge in [0, 0.05) is 23.6 Å². The second kappa shape index (κ2) is 8.45. The Labute approximate surface area is 178 Å². The van der Waals surface area contributed by atoms with E-state index in [1.54, 1.807) is 29.4 Å². The maximum atomic E-state index is 13.3. The fraction of sp³-hybridized carbons (Fsp3) is 0.333. The highest BCUT2D eigenvalue weighted by Gasteiger charge is 2.62. The van der Waals surface area contributed by atoms with E-state index in [2.05, 4.69) is 13.2 Å². The standard InChI is InChI=1S/C21H22N3O5S/c1-3-10-28-20(26)17-15(19(25)22-8-6-5-7-9-22)18-16-14(12-23(16)17)24(13-30-18)21(27)29-11-4-2/h3-9,14,16-17H,1-2,10-13H2/q+1/t14-,16-,17?/m0/s1. The SMILES string of the molecule is C=CCOC(=O)C1C(C(=O)[n+]2ccccc2)=C2SCN(C(=O)OCC=C)[C@H]3CN1[C@H]23. The number of hydrogen-bond donors (Lipinski definition) is 0. The Balaban J connectivity index is 1.66. The number of esters is 1. The topological polar surface area (TPSA) is 80.0 Å². The Kier molecular flexibility index (Phi) is 5.74. The van der Waals surface area contributed by atoms with E-state index in [-0.39, 0.29) is 31.2 Å². The molecule has 2 saturated heterocycles. The lowest BCUT2D eigenvalue weighted by Crippen LogP contribution is -2.70. The molecule has 9 heteroatoms. The smallest absolute Gasteiger partial charge is 0.423 e. The Morgan fingerprint density at radius 2 is 1.83 bits per heavy atom. The summed E-state index contributed by atoms with van der Waals surface area (Å²) in [4.78, 5) is 43.0. The quantitative estimate of drug-likeness (QED) is 0.385. The lowest BCUT2D eigenvalue weighted by Gasteiger charge is -2.53. The van der Waals surface area contributed by atoms with E-state index >= 15 is 0 Å². The summed E-state index contributed by atoms with van der Waals surface area (Å²) in [6, 6.07) is 4.15. The van der Waals surface area contributed by atoms with Crippen LogP contribution in [0.1, 0.15) is 4.79 Å². The highest BCUT2D eigenvalue weighted by molar-refractivity contribution is 8.03. The molecule has 1 unspecified atom stereocenters. The zero-order chi connectivity index (χ0) is 21.3. The fourth-order valence-corrected chi connectivity index (χ4v) is 5.39. The first kappa shape index (κ1) is 20.4. The van der Waals surface area contributed by atoms with Crippen molar-refractivity contribution < 1.29 is 28.4 Å². The summed E-state index contributed by atoms with van der Waals surface area (Å²) in [6.07, 6.45) is 5.89. The number of pyridine rings is 1. The molecule has 2 fully saturated rings. The minimum absolute atomic E-state index is 0.0691. The van der Waals surface area contributed by atoms with Gasteiger partial charge in [-0.15, -0.1) is 16.3 Å². The third kappa shape index (κ3) is 3.33. The summed E-state index contributed by atoms with van der Waals surface area (Å²) < 4.78 is 12.0.